The van der Waals surface area contributed by atoms with E-state index in [0.717, 1.165) is 18.6 Å². The van der Waals surface area contributed by atoms with Gasteiger partial charge in [-0.3, -0.25) is 9.59 Å². The number of benzene rings is 1. The fraction of sp³-hybridized carbons (Fsp3) is 0.556. The van der Waals surface area contributed by atoms with Crippen molar-refractivity contribution in [1.82, 2.24) is 4.90 Å². The Morgan fingerprint density at radius 3 is 2.84 bits per heavy atom. The summed E-state index contributed by atoms with van der Waals surface area (Å²) in [7, 11) is 1.54. The van der Waals surface area contributed by atoms with Gasteiger partial charge in [-0.05, 0) is 24.6 Å². The minimum Gasteiger partial charge on any atom is -0.493 e. The van der Waals surface area contributed by atoms with Gasteiger partial charge >= 0.3 is 5.97 Å². The smallest absolute Gasteiger partial charge is 0.305 e. The third-order valence-electron chi connectivity index (χ3n) is 4.06. The number of carboxylic acids is 1. The molecule has 25 heavy (non-hydrogen) atoms. The number of unbranched alkanes of at least 4 members (excludes halogenated alkanes) is 1. The van der Waals surface area contributed by atoms with Gasteiger partial charge in [-0.25, -0.2) is 0 Å². The number of carbonyl (C=O) groups excluding carboxylic acids is 1. The first-order valence-electron chi connectivity index (χ1n) is 8.48. The normalized spacial score (nSPS) is 17.2. The molecule has 1 amide bonds. The van der Waals surface area contributed by atoms with Crippen molar-refractivity contribution in [3.8, 4) is 11.5 Å². The highest BCUT2D eigenvalue weighted by atomic mass is 32.2. The van der Waals surface area contributed by atoms with Gasteiger partial charge in [0, 0.05) is 23.6 Å². The van der Waals surface area contributed by atoms with Crippen LogP contribution in [0.3, 0.4) is 0 Å². The van der Waals surface area contributed by atoms with Crippen molar-refractivity contribution in [2.45, 2.75) is 32.2 Å². The highest BCUT2D eigenvalue weighted by Crippen LogP contribution is 2.30. The molecule has 0 bridgehead atoms. The van der Waals surface area contributed by atoms with Crippen LogP contribution in [0.1, 0.15) is 36.5 Å². The summed E-state index contributed by atoms with van der Waals surface area (Å²) in [6.07, 6.45) is 1.96. The number of nitrogens with zero attached hydrogens (tertiary/aromatic N) is 1. The van der Waals surface area contributed by atoms with Crippen molar-refractivity contribution >= 4 is 23.6 Å². The molecular formula is C18H25NO5S. The maximum atomic E-state index is 12.9. The van der Waals surface area contributed by atoms with Crippen LogP contribution in [0, 0.1) is 0 Å². The van der Waals surface area contributed by atoms with Crippen molar-refractivity contribution in [3.63, 3.8) is 0 Å². The predicted octanol–water partition coefficient (Wildman–Crippen LogP) is 2.91. The van der Waals surface area contributed by atoms with E-state index in [9.17, 15) is 9.59 Å². The second-order valence-corrected chi connectivity index (χ2v) is 7.04. The summed E-state index contributed by atoms with van der Waals surface area (Å²) in [5.41, 5.74) is 0.488. The summed E-state index contributed by atoms with van der Waals surface area (Å²) in [5.74, 6) is 1.55. The third kappa shape index (κ3) is 5.29. The lowest BCUT2D eigenvalue weighted by Crippen LogP contribution is -2.47. The summed E-state index contributed by atoms with van der Waals surface area (Å²) in [4.78, 5) is 25.6. The number of hydrogen-bond donors (Lipinski definition) is 1. The molecule has 1 aromatic rings. The summed E-state index contributed by atoms with van der Waals surface area (Å²) in [5, 5.41) is 9.07. The molecule has 0 aromatic heterocycles. The molecule has 0 radical (unpaired) electrons. The second kappa shape index (κ2) is 9.56. The Morgan fingerprint density at radius 2 is 2.16 bits per heavy atom. The molecule has 0 saturated carbocycles. The fourth-order valence-corrected chi connectivity index (χ4v) is 3.77. The molecule has 7 heteroatoms. The molecule has 1 fully saturated rings. The second-order valence-electron chi connectivity index (χ2n) is 5.89. The minimum atomic E-state index is -0.887. The van der Waals surface area contributed by atoms with Gasteiger partial charge < -0.3 is 19.5 Å². The van der Waals surface area contributed by atoms with Crippen LogP contribution in [0.4, 0.5) is 0 Å². The van der Waals surface area contributed by atoms with E-state index in [4.69, 9.17) is 14.6 Å². The number of thioether (sulfide) groups is 1. The average molecular weight is 367 g/mol. The zero-order valence-corrected chi connectivity index (χ0v) is 15.5. The molecule has 1 aliphatic heterocycles. The number of amides is 1. The first kappa shape index (κ1) is 19.4. The van der Waals surface area contributed by atoms with Gasteiger partial charge in [-0.1, -0.05) is 13.3 Å². The lowest BCUT2D eigenvalue weighted by Gasteiger charge is -2.34. The molecule has 0 aliphatic carbocycles. The lowest BCUT2D eigenvalue weighted by molar-refractivity contribution is -0.138. The molecule has 1 aromatic carbocycles. The lowest BCUT2D eigenvalue weighted by atomic mass is 10.1. The Balaban J connectivity index is 2.15. The molecule has 1 N–H and O–H groups in total. The molecule has 138 valence electrons. The van der Waals surface area contributed by atoms with Crippen molar-refractivity contribution in [2.24, 2.45) is 0 Å². The number of ether oxygens (including phenoxy) is 2. The van der Waals surface area contributed by atoms with Gasteiger partial charge in [0.2, 0.25) is 0 Å². The SMILES string of the molecule is CCCCOc1ccc(C(=O)N2CCSCC2CC(=O)O)cc1OC. The van der Waals surface area contributed by atoms with Crippen LogP contribution in [0.5, 0.6) is 11.5 Å². The number of carbonyl (C=O) groups is 2. The Bertz CT molecular complexity index is 607. The molecule has 1 unspecified atom stereocenters. The number of rotatable bonds is 8. The molecule has 6 nitrogen and oxygen atoms in total. The van der Waals surface area contributed by atoms with Crippen LogP contribution in [-0.2, 0) is 4.79 Å². The van der Waals surface area contributed by atoms with E-state index in [1.165, 1.54) is 0 Å². The maximum Gasteiger partial charge on any atom is 0.305 e. The van der Waals surface area contributed by atoms with Crippen LogP contribution in [-0.4, -0.2) is 59.7 Å². The van der Waals surface area contributed by atoms with E-state index in [-0.39, 0.29) is 18.4 Å². The van der Waals surface area contributed by atoms with E-state index >= 15 is 0 Å². The zero-order valence-electron chi connectivity index (χ0n) is 14.7. The first-order valence-corrected chi connectivity index (χ1v) is 9.63. The molecule has 1 heterocycles. The fourth-order valence-electron chi connectivity index (χ4n) is 2.71. The largest absolute Gasteiger partial charge is 0.493 e. The summed E-state index contributed by atoms with van der Waals surface area (Å²) >= 11 is 1.68. The number of carboxylic acid groups (broad SMARTS) is 1. The van der Waals surface area contributed by atoms with E-state index in [0.29, 0.717) is 36.0 Å². The first-order chi connectivity index (χ1) is 12.1. The Hall–Kier alpha value is -1.89. The maximum absolute atomic E-state index is 12.9. The van der Waals surface area contributed by atoms with Crippen LogP contribution in [0.15, 0.2) is 18.2 Å². The van der Waals surface area contributed by atoms with Crippen LogP contribution in [0.2, 0.25) is 0 Å². The van der Waals surface area contributed by atoms with Crippen molar-refractivity contribution in [2.75, 3.05) is 31.8 Å². The molecule has 2 rings (SSSR count). The highest BCUT2D eigenvalue weighted by molar-refractivity contribution is 7.99. The topological polar surface area (TPSA) is 76.1 Å². The summed E-state index contributed by atoms with van der Waals surface area (Å²) in [6, 6.07) is 4.84. The zero-order chi connectivity index (χ0) is 18.2. The van der Waals surface area contributed by atoms with E-state index in [1.54, 1.807) is 42.0 Å². The van der Waals surface area contributed by atoms with Crippen LogP contribution in [0.25, 0.3) is 0 Å². The van der Waals surface area contributed by atoms with Crippen molar-refractivity contribution < 1.29 is 24.2 Å². The van der Waals surface area contributed by atoms with E-state index in [1.807, 2.05) is 0 Å². The van der Waals surface area contributed by atoms with Gasteiger partial charge in [0.25, 0.3) is 5.91 Å². The van der Waals surface area contributed by atoms with Gasteiger partial charge in [-0.2, -0.15) is 11.8 Å². The molecule has 1 saturated heterocycles. The molecule has 0 spiro atoms. The Morgan fingerprint density at radius 1 is 1.36 bits per heavy atom. The third-order valence-corrected chi connectivity index (χ3v) is 5.16. The number of aliphatic carboxylic acids is 1. The highest BCUT2D eigenvalue weighted by Gasteiger charge is 2.29. The van der Waals surface area contributed by atoms with Gasteiger partial charge in [0.05, 0.1) is 26.2 Å². The average Bonchev–Trinajstić information content (AvgIpc) is 2.61. The van der Waals surface area contributed by atoms with Crippen molar-refractivity contribution in [1.29, 1.82) is 0 Å². The predicted molar refractivity (Wildman–Crippen MR) is 97.8 cm³/mol. The van der Waals surface area contributed by atoms with Gasteiger partial charge in [-0.15, -0.1) is 0 Å². The molecule has 1 aliphatic rings. The van der Waals surface area contributed by atoms with Gasteiger partial charge in [0.1, 0.15) is 0 Å². The Kier molecular flexibility index (Phi) is 7.43. The molecule has 1 atom stereocenters. The van der Waals surface area contributed by atoms with Crippen molar-refractivity contribution in [3.05, 3.63) is 23.8 Å². The standard InChI is InChI=1S/C18H25NO5S/c1-3-4-8-24-15-6-5-13(10-16(15)23-2)18(22)19-7-9-25-12-14(19)11-17(20)21/h5-6,10,14H,3-4,7-9,11-12H2,1-2H3,(H,20,21). The van der Waals surface area contributed by atoms with Crippen LogP contribution < -0.4 is 9.47 Å². The number of methoxy groups -OCH3 is 1. The van der Waals surface area contributed by atoms with E-state index < -0.39 is 5.97 Å². The quantitative estimate of drug-likeness (QED) is 0.712. The monoisotopic (exact) mass is 367 g/mol. The molecular weight excluding hydrogens is 342 g/mol. The minimum absolute atomic E-state index is 0.0336. The number of hydrogen-bond acceptors (Lipinski definition) is 5. The summed E-state index contributed by atoms with van der Waals surface area (Å²) in [6.45, 7) is 3.25. The summed E-state index contributed by atoms with van der Waals surface area (Å²) < 4.78 is 11.0. The van der Waals surface area contributed by atoms with Crippen LogP contribution >= 0.6 is 11.8 Å². The van der Waals surface area contributed by atoms with Gasteiger partial charge in [0.15, 0.2) is 11.5 Å². The Labute approximate surface area is 152 Å². The van der Waals surface area contributed by atoms with E-state index in [2.05, 4.69) is 6.92 Å².